The first-order valence-corrected chi connectivity index (χ1v) is 5.50. The molecule has 0 N–H and O–H groups in total. The molecule has 0 bridgehead atoms. The predicted molar refractivity (Wildman–Crippen MR) is 59.6 cm³/mol. The third-order valence-corrected chi connectivity index (χ3v) is 2.62. The molecular weight excluding hydrogens is 253 g/mol. The summed E-state index contributed by atoms with van der Waals surface area (Å²) in [6.07, 6.45) is 0. The van der Waals surface area contributed by atoms with E-state index in [2.05, 4.69) is 4.18 Å². The molecule has 0 fully saturated rings. The third kappa shape index (κ3) is 4.40. The topological polar surface area (TPSA) is 26.3 Å². The van der Waals surface area contributed by atoms with Gasteiger partial charge in [-0.3, -0.25) is 8.98 Å². The van der Waals surface area contributed by atoms with Crippen molar-refractivity contribution in [2.45, 2.75) is 25.0 Å². The quantitative estimate of drug-likeness (QED) is 0.610. The zero-order valence-electron chi connectivity index (χ0n) is 9.25. The zero-order chi connectivity index (χ0) is 13.1. The fraction of sp³-hybridized carbons (Fsp3) is 0.364. The van der Waals surface area contributed by atoms with Crippen LogP contribution < -0.4 is 0 Å². The summed E-state index contributed by atoms with van der Waals surface area (Å²) >= 11 is -0.657. The molecule has 6 heteroatoms. The lowest BCUT2D eigenvalue weighted by Crippen LogP contribution is -2.33. The lowest BCUT2D eigenvalue weighted by molar-refractivity contribution is -0.0438. The molecule has 1 rings (SSSR count). The molecular formula is C11H11F3O2S. The Morgan fingerprint density at radius 3 is 2.18 bits per heavy atom. The minimum atomic E-state index is -4.52. The molecule has 0 amide bonds. The van der Waals surface area contributed by atoms with Gasteiger partial charge < -0.3 is 0 Å². The van der Waals surface area contributed by atoms with E-state index in [1.165, 1.54) is 26.0 Å². The normalized spacial score (nSPS) is 12.5. The predicted octanol–water partition coefficient (Wildman–Crippen LogP) is 3.83. The minimum Gasteiger partial charge on any atom is -0.293 e. The molecule has 17 heavy (non-hydrogen) atoms. The van der Waals surface area contributed by atoms with E-state index in [-0.39, 0.29) is 0 Å². The van der Waals surface area contributed by atoms with Gasteiger partial charge in [0.15, 0.2) is 5.78 Å². The van der Waals surface area contributed by atoms with E-state index in [9.17, 15) is 18.0 Å². The Morgan fingerprint density at radius 1 is 1.18 bits per heavy atom. The first kappa shape index (κ1) is 14.1. The van der Waals surface area contributed by atoms with Crippen molar-refractivity contribution in [1.82, 2.24) is 0 Å². The number of Topliss-reactive ketones (excluding diaryl/α,β-unsaturated/α-hetero) is 1. The molecule has 0 saturated heterocycles. The van der Waals surface area contributed by atoms with E-state index in [1.807, 2.05) is 0 Å². The van der Waals surface area contributed by atoms with Crippen molar-refractivity contribution >= 4 is 17.8 Å². The molecule has 0 heterocycles. The van der Waals surface area contributed by atoms with Gasteiger partial charge in [-0.1, -0.05) is 30.3 Å². The van der Waals surface area contributed by atoms with Crippen LogP contribution in [0.1, 0.15) is 24.2 Å². The lowest BCUT2D eigenvalue weighted by Gasteiger charge is -2.22. The number of halogens is 3. The molecule has 0 aliphatic rings. The number of rotatable bonds is 4. The highest BCUT2D eigenvalue weighted by Gasteiger charge is 2.37. The second kappa shape index (κ2) is 5.10. The van der Waals surface area contributed by atoms with Crippen LogP contribution in [-0.4, -0.2) is 16.9 Å². The van der Waals surface area contributed by atoms with Crippen molar-refractivity contribution in [2.75, 3.05) is 0 Å². The Balaban J connectivity index is 2.74. The first-order valence-electron chi connectivity index (χ1n) is 4.76. The highest BCUT2D eigenvalue weighted by atomic mass is 32.2. The van der Waals surface area contributed by atoms with E-state index < -0.39 is 28.9 Å². The van der Waals surface area contributed by atoms with Crippen molar-refractivity contribution in [2.24, 2.45) is 0 Å². The lowest BCUT2D eigenvalue weighted by atomic mass is 9.97. The highest BCUT2D eigenvalue weighted by Crippen LogP contribution is 2.35. The van der Waals surface area contributed by atoms with E-state index in [1.54, 1.807) is 18.2 Å². The van der Waals surface area contributed by atoms with Crippen LogP contribution in [0.2, 0.25) is 0 Å². The van der Waals surface area contributed by atoms with Crippen molar-refractivity contribution in [1.29, 1.82) is 0 Å². The average molecular weight is 264 g/mol. The number of ketones is 1. The summed E-state index contributed by atoms with van der Waals surface area (Å²) < 4.78 is 40.5. The standard InChI is InChI=1S/C11H11F3O2S/c1-10(2,16-17-11(12,13)14)9(15)8-6-4-3-5-7-8/h3-7H,1-2H3. The van der Waals surface area contributed by atoms with Gasteiger partial charge in [0.1, 0.15) is 17.6 Å². The number of alkyl halides is 3. The van der Waals surface area contributed by atoms with Crippen LogP contribution in [0.3, 0.4) is 0 Å². The van der Waals surface area contributed by atoms with Crippen LogP contribution in [0.15, 0.2) is 30.3 Å². The largest absolute Gasteiger partial charge is 0.468 e. The van der Waals surface area contributed by atoms with Crippen LogP contribution in [0, 0.1) is 0 Å². The summed E-state index contributed by atoms with van der Waals surface area (Å²) in [6, 6.07) is 8.06. The van der Waals surface area contributed by atoms with Gasteiger partial charge in [-0.2, -0.15) is 13.2 Å². The van der Waals surface area contributed by atoms with Crippen molar-refractivity contribution in [3.63, 3.8) is 0 Å². The Morgan fingerprint density at radius 2 is 1.71 bits per heavy atom. The third-order valence-electron chi connectivity index (χ3n) is 1.93. The monoisotopic (exact) mass is 264 g/mol. The smallest absolute Gasteiger partial charge is 0.293 e. The molecule has 0 unspecified atom stereocenters. The summed E-state index contributed by atoms with van der Waals surface area (Å²) in [5.74, 6) is -0.491. The highest BCUT2D eigenvalue weighted by molar-refractivity contribution is 7.95. The van der Waals surface area contributed by atoms with Crippen LogP contribution >= 0.6 is 12.0 Å². The molecule has 0 saturated carbocycles. The van der Waals surface area contributed by atoms with E-state index in [4.69, 9.17) is 0 Å². The second-order valence-corrected chi connectivity index (χ2v) is 4.61. The molecule has 0 aliphatic heterocycles. The summed E-state index contributed by atoms with van der Waals surface area (Å²) in [7, 11) is 0. The van der Waals surface area contributed by atoms with Crippen molar-refractivity contribution in [3.8, 4) is 0 Å². The van der Waals surface area contributed by atoms with Gasteiger partial charge in [-0.15, -0.1) is 0 Å². The van der Waals surface area contributed by atoms with Gasteiger partial charge in [0.2, 0.25) is 0 Å². The molecule has 1 aromatic rings. The molecule has 0 aliphatic carbocycles. The Kier molecular flexibility index (Phi) is 4.21. The SMILES string of the molecule is CC(C)(OSC(F)(F)F)C(=O)c1ccccc1. The van der Waals surface area contributed by atoms with Crippen LogP contribution in [-0.2, 0) is 4.18 Å². The van der Waals surface area contributed by atoms with Gasteiger partial charge in [-0.05, 0) is 13.8 Å². The maximum Gasteiger partial charge on any atom is 0.468 e. The summed E-state index contributed by atoms with van der Waals surface area (Å²) in [4.78, 5) is 11.9. The van der Waals surface area contributed by atoms with Gasteiger partial charge in [0.05, 0.1) is 0 Å². The summed E-state index contributed by atoms with van der Waals surface area (Å²) in [5.41, 5.74) is -5.73. The van der Waals surface area contributed by atoms with Gasteiger partial charge in [-0.25, -0.2) is 0 Å². The average Bonchev–Trinajstić information content (AvgIpc) is 2.26. The van der Waals surface area contributed by atoms with E-state index in [0.717, 1.165) is 0 Å². The Labute approximate surface area is 101 Å². The number of carbonyl (C=O) groups is 1. The van der Waals surface area contributed by atoms with Gasteiger partial charge >= 0.3 is 5.51 Å². The fourth-order valence-corrected chi connectivity index (χ4v) is 1.50. The zero-order valence-corrected chi connectivity index (χ0v) is 10.1. The minimum absolute atomic E-state index is 0.320. The second-order valence-electron chi connectivity index (χ2n) is 3.82. The maximum atomic E-state index is 12.0. The number of carbonyl (C=O) groups excluding carboxylic acids is 1. The van der Waals surface area contributed by atoms with Crippen LogP contribution in [0.25, 0.3) is 0 Å². The van der Waals surface area contributed by atoms with E-state index in [0.29, 0.717) is 5.56 Å². The van der Waals surface area contributed by atoms with Crippen molar-refractivity contribution in [3.05, 3.63) is 35.9 Å². The van der Waals surface area contributed by atoms with Gasteiger partial charge in [0, 0.05) is 5.56 Å². The molecule has 2 nitrogen and oxygen atoms in total. The van der Waals surface area contributed by atoms with E-state index >= 15 is 0 Å². The Bertz CT molecular complexity index is 387. The first-order chi connectivity index (χ1) is 7.72. The number of hydrogen-bond acceptors (Lipinski definition) is 3. The molecule has 0 aromatic heterocycles. The van der Waals surface area contributed by atoms with Crippen LogP contribution in [0.5, 0.6) is 0 Å². The number of benzene rings is 1. The Hall–Kier alpha value is -1.01. The molecule has 0 atom stereocenters. The molecule has 0 radical (unpaired) electrons. The fourth-order valence-electron chi connectivity index (χ4n) is 1.13. The summed E-state index contributed by atoms with van der Waals surface area (Å²) in [5, 5.41) is 0. The van der Waals surface area contributed by atoms with Gasteiger partial charge in [0.25, 0.3) is 0 Å². The molecule has 0 spiro atoms. The van der Waals surface area contributed by atoms with Crippen LogP contribution in [0.4, 0.5) is 13.2 Å². The summed E-state index contributed by atoms with van der Waals surface area (Å²) in [6.45, 7) is 2.61. The molecule has 94 valence electrons. The molecule has 1 aromatic carbocycles. The maximum absolute atomic E-state index is 12.0. The number of hydrogen-bond donors (Lipinski definition) is 0. The van der Waals surface area contributed by atoms with Crippen molar-refractivity contribution < 1.29 is 22.1 Å².